The van der Waals surface area contributed by atoms with Crippen LogP contribution in [-0.2, 0) is 4.79 Å². The molecule has 0 fully saturated rings. The summed E-state index contributed by atoms with van der Waals surface area (Å²) in [5.41, 5.74) is 2.25. The van der Waals surface area contributed by atoms with Crippen molar-refractivity contribution in [1.82, 2.24) is 0 Å². The van der Waals surface area contributed by atoms with Gasteiger partial charge in [0.25, 0.3) is 6.47 Å². The Hall–Kier alpha value is -2.29. The molecule has 0 aliphatic heterocycles. The SMILES string of the molecule is CC(c1ccc(O)cc1)c1ccc(OC=O)cc1. The number of ether oxygens (including phenoxy) is 1. The van der Waals surface area contributed by atoms with Crippen molar-refractivity contribution in [2.45, 2.75) is 12.8 Å². The summed E-state index contributed by atoms with van der Waals surface area (Å²) in [6.45, 7) is 2.50. The van der Waals surface area contributed by atoms with Crippen LogP contribution in [0.15, 0.2) is 48.5 Å². The molecule has 1 atom stereocenters. The molecule has 0 bridgehead atoms. The van der Waals surface area contributed by atoms with Crippen molar-refractivity contribution >= 4 is 6.47 Å². The van der Waals surface area contributed by atoms with Gasteiger partial charge in [-0.25, -0.2) is 0 Å². The smallest absolute Gasteiger partial charge is 0.298 e. The van der Waals surface area contributed by atoms with Crippen LogP contribution in [0.1, 0.15) is 24.0 Å². The first kappa shape index (κ1) is 12.2. The molecular weight excluding hydrogens is 228 g/mol. The Balaban J connectivity index is 2.20. The molecular formula is C15H14O3. The molecule has 0 aliphatic rings. The highest BCUT2D eigenvalue weighted by Gasteiger charge is 2.08. The van der Waals surface area contributed by atoms with E-state index in [0.29, 0.717) is 12.2 Å². The van der Waals surface area contributed by atoms with Crippen molar-refractivity contribution in [1.29, 1.82) is 0 Å². The predicted octanol–water partition coefficient (Wildman–Crippen LogP) is 3.08. The van der Waals surface area contributed by atoms with Gasteiger partial charge >= 0.3 is 0 Å². The summed E-state index contributed by atoms with van der Waals surface area (Å²) in [7, 11) is 0. The van der Waals surface area contributed by atoms with E-state index in [1.54, 1.807) is 24.3 Å². The molecule has 0 spiro atoms. The van der Waals surface area contributed by atoms with Crippen LogP contribution in [0.4, 0.5) is 0 Å². The fraction of sp³-hybridized carbons (Fsp3) is 0.133. The maximum Gasteiger partial charge on any atom is 0.298 e. The maximum atomic E-state index is 10.2. The van der Waals surface area contributed by atoms with Crippen molar-refractivity contribution < 1.29 is 14.6 Å². The Morgan fingerprint density at radius 1 is 1.00 bits per heavy atom. The molecule has 0 aliphatic carbocycles. The molecule has 0 saturated heterocycles. The van der Waals surface area contributed by atoms with Crippen LogP contribution in [0.2, 0.25) is 0 Å². The normalized spacial score (nSPS) is 11.8. The van der Waals surface area contributed by atoms with Crippen LogP contribution in [0.5, 0.6) is 11.5 Å². The van der Waals surface area contributed by atoms with Crippen molar-refractivity contribution in [3.8, 4) is 11.5 Å². The lowest BCUT2D eigenvalue weighted by molar-refractivity contribution is -0.120. The summed E-state index contributed by atoms with van der Waals surface area (Å²) in [5.74, 6) is 1.02. The molecule has 0 aromatic heterocycles. The fourth-order valence-electron chi connectivity index (χ4n) is 1.85. The second-order valence-corrected chi connectivity index (χ2v) is 4.10. The average Bonchev–Trinajstić information content (AvgIpc) is 2.40. The molecule has 0 heterocycles. The average molecular weight is 242 g/mol. The van der Waals surface area contributed by atoms with Gasteiger partial charge in [-0.05, 0) is 35.4 Å². The largest absolute Gasteiger partial charge is 0.508 e. The zero-order valence-corrected chi connectivity index (χ0v) is 10.0. The molecule has 1 unspecified atom stereocenters. The van der Waals surface area contributed by atoms with E-state index in [9.17, 15) is 9.90 Å². The van der Waals surface area contributed by atoms with E-state index in [-0.39, 0.29) is 11.7 Å². The van der Waals surface area contributed by atoms with Crippen LogP contribution in [0, 0.1) is 0 Å². The van der Waals surface area contributed by atoms with Crippen molar-refractivity contribution in [2.75, 3.05) is 0 Å². The molecule has 3 nitrogen and oxygen atoms in total. The van der Waals surface area contributed by atoms with Crippen molar-refractivity contribution in [2.24, 2.45) is 0 Å². The second-order valence-electron chi connectivity index (χ2n) is 4.10. The third-order valence-electron chi connectivity index (χ3n) is 2.96. The molecule has 1 N–H and O–H groups in total. The molecule has 18 heavy (non-hydrogen) atoms. The first-order valence-corrected chi connectivity index (χ1v) is 5.70. The van der Waals surface area contributed by atoms with Gasteiger partial charge in [0.1, 0.15) is 11.5 Å². The number of benzene rings is 2. The molecule has 2 aromatic rings. The van der Waals surface area contributed by atoms with E-state index in [2.05, 4.69) is 6.92 Å². The molecule has 0 saturated carbocycles. The summed E-state index contributed by atoms with van der Waals surface area (Å²) >= 11 is 0. The standard InChI is InChI=1S/C15H14O3/c1-11(12-2-6-14(17)7-3-12)13-4-8-15(9-5-13)18-10-16/h2-11,17H,1H3. The van der Waals surface area contributed by atoms with Crippen molar-refractivity contribution in [3.05, 3.63) is 59.7 Å². The molecule has 2 aromatic carbocycles. The van der Waals surface area contributed by atoms with E-state index in [4.69, 9.17) is 4.74 Å². The van der Waals surface area contributed by atoms with Gasteiger partial charge in [-0.15, -0.1) is 0 Å². The Bertz CT molecular complexity index is 514. The Labute approximate surface area is 106 Å². The summed E-state index contributed by atoms with van der Waals surface area (Å²) < 4.78 is 4.75. The minimum atomic E-state index is 0.218. The van der Waals surface area contributed by atoms with E-state index < -0.39 is 0 Å². The second kappa shape index (κ2) is 5.36. The number of hydrogen-bond acceptors (Lipinski definition) is 3. The highest BCUT2D eigenvalue weighted by molar-refractivity contribution is 5.46. The third-order valence-corrected chi connectivity index (χ3v) is 2.96. The van der Waals surface area contributed by atoms with Crippen LogP contribution >= 0.6 is 0 Å². The monoisotopic (exact) mass is 242 g/mol. The van der Waals surface area contributed by atoms with Crippen LogP contribution in [0.25, 0.3) is 0 Å². The van der Waals surface area contributed by atoms with Gasteiger partial charge in [-0.3, -0.25) is 4.79 Å². The minimum Gasteiger partial charge on any atom is -0.508 e. The van der Waals surface area contributed by atoms with E-state index >= 15 is 0 Å². The van der Waals surface area contributed by atoms with Gasteiger partial charge in [0.05, 0.1) is 0 Å². The summed E-state index contributed by atoms with van der Waals surface area (Å²) in [6, 6.07) is 14.5. The molecule has 3 heteroatoms. The summed E-state index contributed by atoms with van der Waals surface area (Å²) in [4.78, 5) is 10.2. The lowest BCUT2D eigenvalue weighted by Gasteiger charge is -2.12. The Kier molecular flexibility index (Phi) is 3.63. The van der Waals surface area contributed by atoms with Gasteiger partial charge in [-0.1, -0.05) is 31.2 Å². The molecule has 2 rings (SSSR count). The van der Waals surface area contributed by atoms with Crippen LogP contribution < -0.4 is 4.74 Å². The summed E-state index contributed by atoms with van der Waals surface area (Å²) in [6.07, 6.45) is 0. The van der Waals surface area contributed by atoms with E-state index in [1.807, 2.05) is 24.3 Å². The van der Waals surface area contributed by atoms with Crippen LogP contribution in [-0.4, -0.2) is 11.6 Å². The number of carbonyl (C=O) groups is 1. The van der Waals surface area contributed by atoms with Gasteiger partial charge in [0, 0.05) is 5.92 Å². The first-order valence-electron chi connectivity index (χ1n) is 5.70. The highest BCUT2D eigenvalue weighted by atomic mass is 16.5. The lowest BCUT2D eigenvalue weighted by Crippen LogP contribution is -1.96. The first-order chi connectivity index (χ1) is 8.70. The third kappa shape index (κ3) is 2.69. The topological polar surface area (TPSA) is 46.5 Å². The van der Waals surface area contributed by atoms with E-state index in [1.165, 1.54) is 0 Å². The Morgan fingerprint density at radius 2 is 1.50 bits per heavy atom. The zero-order valence-electron chi connectivity index (χ0n) is 10.0. The molecule has 0 radical (unpaired) electrons. The molecule has 0 amide bonds. The fourth-order valence-corrected chi connectivity index (χ4v) is 1.85. The Morgan fingerprint density at radius 3 is 2.00 bits per heavy atom. The van der Waals surface area contributed by atoms with Crippen molar-refractivity contribution in [3.63, 3.8) is 0 Å². The predicted molar refractivity (Wildman–Crippen MR) is 68.8 cm³/mol. The highest BCUT2D eigenvalue weighted by Crippen LogP contribution is 2.26. The number of aromatic hydroxyl groups is 1. The number of phenolic OH excluding ortho intramolecular Hbond substituents is 1. The number of hydrogen-bond donors (Lipinski definition) is 1. The van der Waals surface area contributed by atoms with Crippen LogP contribution in [0.3, 0.4) is 0 Å². The zero-order chi connectivity index (χ0) is 13.0. The van der Waals surface area contributed by atoms with Gasteiger partial charge in [0.2, 0.25) is 0 Å². The van der Waals surface area contributed by atoms with Gasteiger partial charge in [-0.2, -0.15) is 0 Å². The number of phenols is 1. The number of rotatable bonds is 4. The van der Waals surface area contributed by atoms with Gasteiger partial charge in [0.15, 0.2) is 0 Å². The number of carbonyl (C=O) groups excluding carboxylic acids is 1. The molecule has 92 valence electrons. The maximum absolute atomic E-state index is 10.2. The van der Waals surface area contributed by atoms with Gasteiger partial charge < -0.3 is 9.84 Å². The lowest BCUT2D eigenvalue weighted by atomic mass is 9.93. The minimum absolute atomic E-state index is 0.218. The quantitative estimate of drug-likeness (QED) is 0.838. The summed E-state index contributed by atoms with van der Waals surface area (Å²) in [5, 5.41) is 9.25. The van der Waals surface area contributed by atoms with E-state index in [0.717, 1.165) is 11.1 Å².